The van der Waals surface area contributed by atoms with Crippen molar-refractivity contribution in [1.29, 1.82) is 0 Å². The summed E-state index contributed by atoms with van der Waals surface area (Å²) >= 11 is 0. The van der Waals surface area contributed by atoms with Crippen LogP contribution in [0.25, 0.3) is 0 Å². The van der Waals surface area contributed by atoms with Gasteiger partial charge in [-0.15, -0.1) is 0 Å². The van der Waals surface area contributed by atoms with Gasteiger partial charge >= 0.3 is 5.97 Å². The molecule has 0 heterocycles. The van der Waals surface area contributed by atoms with E-state index in [1.54, 1.807) is 18.2 Å². The van der Waals surface area contributed by atoms with Gasteiger partial charge < -0.3 is 9.47 Å². The van der Waals surface area contributed by atoms with Gasteiger partial charge in [0.15, 0.2) is 0 Å². The minimum atomic E-state index is -0.380. The number of ether oxygens (including phenoxy) is 2. The van der Waals surface area contributed by atoms with Crippen LogP contribution in [0.3, 0.4) is 0 Å². The van der Waals surface area contributed by atoms with Crippen LogP contribution in [-0.2, 0) is 4.74 Å². The first-order valence-corrected chi connectivity index (χ1v) is 9.18. The van der Waals surface area contributed by atoms with Crippen molar-refractivity contribution in [3.8, 4) is 5.75 Å². The van der Waals surface area contributed by atoms with E-state index in [9.17, 15) is 4.79 Å². The normalized spacial score (nSPS) is 11.9. The zero-order chi connectivity index (χ0) is 19.4. The molecule has 26 heavy (non-hydrogen) atoms. The second-order valence-corrected chi connectivity index (χ2v) is 6.76. The van der Waals surface area contributed by atoms with E-state index < -0.39 is 0 Å². The van der Waals surface area contributed by atoms with Crippen LogP contribution < -0.4 is 4.74 Å². The van der Waals surface area contributed by atoms with Gasteiger partial charge in [-0.25, -0.2) is 4.79 Å². The summed E-state index contributed by atoms with van der Waals surface area (Å²) < 4.78 is 10.5. The van der Waals surface area contributed by atoms with Crippen molar-refractivity contribution in [2.45, 2.75) is 53.4 Å². The largest absolute Gasteiger partial charge is 0.489 e. The van der Waals surface area contributed by atoms with Crippen LogP contribution in [0.2, 0.25) is 0 Å². The fraction of sp³-hybridized carbons (Fsp3) is 0.435. The number of methoxy groups -OCH3 is 1. The van der Waals surface area contributed by atoms with Crippen molar-refractivity contribution in [2.24, 2.45) is 0 Å². The molecule has 0 radical (unpaired) electrons. The Labute approximate surface area is 158 Å². The average molecular weight is 357 g/mol. The number of esters is 1. The molecule has 0 saturated carbocycles. The summed E-state index contributed by atoms with van der Waals surface area (Å²) in [4.78, 5) is 11.7. The summed E-state index contributed by atoms with van der Waals surface area (Å²) in [6.07, 6.45) is 11.0. The van der Waals surface area contributed by atoms with Crippen LogP contribution in [-0.4, -0.2) is 19.7 Å². The molecule has 0 aliphatic rings. The summed E-state index contributed by atoms with van der Waals surface area (Å²) in [6.45, 7) is 9.04. The Balaban J connectivity index is 2.43. The average Bonchev–Trinajstić information content (AvgIpc) is 2.61. The van der Waals surface area contributed by atoms with Gasteiger partial charge in [-0.2, -0.15) is 0 Å². The highest BCUT2D eigenvalue weighted by Gasteiger charge is 2.11. The standard InChI is InChI=1S/C23H32O3/c1-18(2)10-8-11-19(3)12-9-13-20(4)16-17-26-22-15-7-6-14-21(22)23(24)25-5/h6-7,10,12,14-16H,8-9,11,13,17H2,1-5H3/b19-12+,20-16+. The van der Waals surface area contributed by atoms with Gasteiger partial charge in [-0.05, 0) is 71.6 Å². The van der Waals surface area contributed by atoms with E-state index in [-0.39, 0.29) is 5.97 Å². The lowest BCUT2D eigenvalue weighted by Crippen LogP contribution is -2.05. The summed E-state index contributed by atoms with van der Waals surface area (Å²) in [6, 6.07) is 7.14. The van der Waals surface area contributed by atoms with E-state index in [1.165, 1.54) is 23.8 Å². The number of carbonyl (C=O) groups excluding carboxylic acids is 1. The van der Waals surface area contributed by atoms with Crippen LogP contribution in [0.1, 0.15) is 63.7 Å². The molecule has 0 unspecified atom stereocenters. The third kappa shape index (κ3) is 8.70. The molecule has 0 fully saturated rings. The maximum Gasteiger partial charge on any atom is 0.341 e. The maximum absolute atomic E-state index is 11.7. The summed E-state index contributed by atoms with van der Waals surface area (Å²) in [5.74, 6) is 0.174. The Morgan fingerprint density at radius 3 is 2.19 bits per heavy atom. The number of hydrogen-bond donors (Lipinski definition) is 0. The summed E-state index contributed by atoms with van der Waals surface area (Å²) in [7, 11) is 1.37. The number of allylic oxidation sites excluding steroid dienone is 5. The van der Waals surface area contributed by atoms with Crippen molar-refractivity contribution in [1.82, 2.24) is 0 Å². The maximum atomic E-state index is 11.7. The molecule has 3 heteroatoms. The van der Waals surface area contributed by atoms with E-state index in [1.807, 2.05) is 6.07 Å². The predicted molar refractivity (Wildman–Crippen MR) is 109 cm³/mol. The van der Waals surface area contributed by atoms with E-state index in [0.29, 0.717) is 17.9 Å². The van der Waals surface area contributed by atoms with Crippen LogP contribution in [0.5, 0.6) is 5.75 Å². The number of rotatable bonds is 10. The van der Waals surface area contributed by atoms with Crippen molar-refractivity contribution in [2.75, 3.05) is 13.7 Å². The van der Waals surface area contributed by atoms with Gasteiger partial charge in [0.1, 0.15) is 17.9 Å². The Morgan fingerprint density at radius 1 is 0.923 bits per heavy atom. The lowest BCUT2D eigenvalue weighted by molar-refractivity contribution is 0.0596. The molecule has 0 spiro atoms. The molecule has 0 amide bonds. The molecular weight excluding hydrogens is 324 g/mol. The van der Waals surface area contributed by atoms with Crippen molar-refractivity contribution in [3.05, 3.63) is 64.8 Å². The fourth-order valence-electron chi connectivity index (χ4n) is 2.48. The lowest BCUT2D eigenvalue weighted by atomic mass is 10.1. The third-order valence-electron chi connectivity index (χ3n) is 4.09. The molecule has 0 bridgehead atoms. The van der Waals surface area contributed by atoms with E-state index in [4.69, 9.17) is 9.47 Å². The summed E-state index contributed by atoms with van der Waals surface area (Å²) in [5.41, 5.74) is 4.56. The van der Waals surface area contributed by atoms with Crippen LogP contribution in [0.4, 0.5) is 0 Å². The van der Waals surface area contributed by atoms with Crippen molar-refractivity contribution in [3.63, 3.8) is 0 Å². The first-order chi connectivity index (χ1) is 12.4. The Bertz CT molecular complexity index is 662. The molecule has 1 aromatic carbocycles. The quantitative estimate of drug-likeness (QED) is 0.366. The summed E-state index contributed by atoms with van der Waals surface area (Å²) in [5, 5.41) is 0. The second kappa shape index (κ2) is 12.1. The smallest absolute Gasteiger partial charge is 0.341 e. The molecule has 142 valence electrons. The highest BCUT2D eigenvalue weighted by Crippen LogP contribution is 2.19. The Morgan fingerprint density at radius 2 is 1.54 bits per heavy atom. The topological polar surface area (TPSA) is 35.5 Å². The first-order valence-electron chi connectivity index (χ1n) is 9.18. The number of carbonyl (C=O) groups is 1. The van der Waals surface area contributed by atoms with Gasteiger partial charge in [0.2, 0.25) is 0 Å². The number of benzene rings is 1. The Hall–Kier alpha value is -2.29. The zero-order valence-electron chi connectivity index (χ0n) is 16.8. The van der Waals surface area contributed by atoms with Crippen LogP contribution in [0.15, 0.2) is 59.2 Å². The molecule has 0 N–H and O–H groups in total. The van der Waals surface area contributed by atoms with Gasteiger partial charge in [0.25, 0.3) is 0 Å². The van der Waals surface area contributed by atoms with Gasteiger partial charge in [-0.3, -0.25) is 0 Å². The van der Waals surface area contributed by atoms with E-state index in [0.717, 1.165) is 25.7 Å². The highest BCUT2D eigenvalue weighted by molar-refractivity contribution is 5.92. The molecular formula is C23H32O3. The first kappa shape index (κ1) is 21.8. The molecule has 0 saturated heterocycles. The molecule has 0 aromatic heterocycles. The van der Waals surface area contributed by atoms with Gasteiger partial charge in [-0.1, -0.05) is 41.0 Å². The Kier molecular flexibility index (Phi) is 10.1. The van der Waals surface area contributed by atoms with Gasteiger partial charge in [0, 0.05) is 0 Å². The molecule has 0 aliphatic heterocycles. The highest BCUT2D eigenvalue weighted by atomic mass is 16.5. The SMILES string of the molecule is COC(=O)c1ccccc1OC/C=C(\C)CC/C=C(\C)CCC=C(C)C. The minimum absolute atomic E-state index is 0.380. The van der Waals surface area contributed by atoms with E-state index in [2.05, 4.69) is 45.9 Å². The predicted octanol–water partition coefficient (Wildman–Crippen LogP) is 6.27. The molecule has 0 aliphatic carbocycles. The third-order valence-corrected chi connectivity index (χ3v) is 4.09. The van der Waals surface area contributed by atoms with Crippen molar-refractivity contribution >= 4 is 5.97 Å². The lowest BCUT2D eigenvalue weighted by Gasteiger charge is -2.09. The van der Waals surface area contributed by atoms with Crippen LogP contribution >= 0.6 is 0 Å². The van der Waals surface area contributed by atoms with Crippen LogP contribution in [0, 0.1) is 0 Å². The molecule has 0 atom stereocenters. The number of para-hydroxylation sites is 1. The number of hydrogen-bond acceptors (Lipinski definition) is 3. The van der Waals surface area contributed by atoms with Gasteiger partial charge in [0.05, 0.1) is 7.11 Å². The molecule has 3 nitrogen and oxygen atoms in total. The molecule has 1 aromatic rings. The van der Waals surface area contributed by atoms with E-state index >= 15 is 0 Å². The second-order valence-electron chi connectivity index (χ2n) is 6.76. The van der Waals surface area contributed by atoms with Crippen molar-refractivity contribution < 1.29 is 14.3 Å². The minimum Gasteiger partial charge on any atom is -0.489 e. The zero-order valence-corrected chi connectivity index (χ0v) is 16.8. The monoisotopic (exact) mass is 356 g/mol. The fourth-order valence-corrected chi connectivity index (χ4v) is 2.48. The molecule has 1 rings (SSSR count).